The molecular formula is C6H7NO2. The number of benzene rings is 1. The second-order valence-corrected chi connectivity index (χ2v) is 1.66. The molecule has 0 bridgehead atoms. The molecular weight excluding hydrogens is 118 g/mol. The Balaban J connectivity index is 2.94. The molecule has 1 rings (SSSR count). The maximum absolute atomic E-state index is 8.79. The van der Waals surface area contributed by atoms with Crippen LogP contribution >= 0.6 is 0 Å². The van der Waals surface area contributed by atoms with Crippen molar-refractivity contribution in [3.63, 3.8) is 0 Å². The van der Waals surface area contributed by atoms with Gasteiger partial charge in [0.15, 0.2) is 0 Å². The standard InChI is InChI=1S/C6H7NO2/c8-6-3-1-2-5(4-6)7-9/h1-4,7-9H. The zero-order valence-electron chi connectivity index (χ0n) is 4.70. The van der Waals surface area contributed by atoms with E-state index in [-0.39, 0.29) is 5.75 Å². The monoisotopic (exact) mass is 125 g/mol. The highest BCUT2D eigenvalue weighted by Gasteiger charge is 1.88. The van der Waals surface area contributed by atoms with Crippen LogP contribution in [-0.2, 0) is 0 Å². The van der Waals surface area contributed by atoms with Crippen molar-refractivity contribution in [1.29, 1.82) is 0 Å². The van der Waals surface area contributed by atoms with Gasteiger partial charge in [-0.15, -0.1) is 0 Å². The summed E-state index contributed by atoms with van der Waals surface area (Å²) >= 11 is 0. The molecule has 48 valence electrons. The predicted octanol–water partition coefficient (Wildman–Crippen LogP) is 1.19. The molecule has 0 fully saturated rings. The molecule has 3 nitrogen and oxygen atoms in total. The third-order valence-corrected chi connectivity index (χ3v) is 0.975. The van der Waals surface area contributed by atoms with Crippen LogP contribution in [0.5, 0.6) is 5.75 Å². The average Bonchev–Trinajstić information content (AvgIpc) is 1.88. The fourth-order valence-corrected chi connectivity index (χ4v) is 0.575. The fraction of sp³-hybridized carbons (Fsp3) is 0. The zero-order valence-corrected chi connectivity index (χ0v) is 4.70. The lowest BCUT2D eigenvalue weighted by Crippen LogP contribution is -1.86. The number of hydrogen-bond donors (Lipinski definition) is 3. The van der Waals surface area contributed by atoms with Gasteiger partial charge >= 0.3 is 0 Å². The lowest BCUT2D eigenvalue weighted by Gasteiger charge is -1.96. The maximum Gasteiger partial charge on any atom is 0.117 e. The van der Waals surface area contributed by atoms with Crippen molar-refractivity contribution in [1.82, 2.24) is 0 Å². The van der Waals surface area contributed by atoms with Gasteiger partial charge in [0.2, 0.25) is 0 Å². The van der Waals surface area contributed by atoms with Gasteiger partial charge in [-0.2, -0.15) is 0 Å². The Morgan fingerprint density at radius 1 is 1.33 bits per heavy atom. The third-order valence-electron chi connectivity index (χ3n) is 0.975. The summed E-state index contributed by atoms with van der Waals surface area (Å²) in [5.41, 5.74) is 2.39. The highest BCUT2D eigenvalue weighted by atomic mass is 16.5. The first-order chi connectivity index (χ1) is 4.33. The van der Waals surface area contributed by atoms with E-state index in [4.69, 9.17) is 10.3 Å². The normalized spacial score (nSPS) is 9.00. The Bertz CT molecular complexity index is 200. The minimum atomic E-state index is 0.133. The van der Waals surface area contributed by atoms with E-state index < -0.39 is 0 Å². The highest BCUT2D eigenvalue weighted by molar-refractivity contribution is 5.45. The second-order valence-electron chi connectivity index (χ2n) is 1.66. The van der Waals surface area contributed by atoms with Gasteiger partial charge in [-0.1, -0.05) is 6.07 Å². The summed E-state index contributed by atoms with van der Waals surface area (Å²) in [6.45, 7) is 0. The molecule has 0 heterocycles. The van der Waals surface area contributed by atoms with Crippen molar-refractivity contribution in [3.05, 3.63) is 24.3 Å². The highest BCUT2D eigenvalue weighted by Crippen LogP contribution is 2.13. The molecule has 0 saturated heterocycles. The van der Waals surface area contributed by atoms with Crippen LogP contribution in [0.15, 0.2) is 24.3 Å². The van der Waals surface area contributed by atoms with Gasteiger partial charge in [0, 0.05) is 6.07 Å². The Hall–Kier alpha value is -1.22. The van der Waals surface area contributed by atoms with Crippen LogP contribution < -0.4 is 5.48 Å². The van der Waals surface area contributed by atoms with E-state index in [9.17, 15) is 0 Å². The molecule has 9 heavy (non-hydrogen) atoms. The molecule has 0 atom stereocenters. The van der Waals surface area contributed by atoms with Gasteiger partial charge < -0.3 is 5.11 Å². The largest absolute Gasteiger partial charge is 0.508 e. The summed E-state index contributed by atoms with van der Waals surface area (Å²) < 4.78 is 0. The van der Waals surface area contributed by atoms with E-state index in [1.165, 1.54) is 12.1 Å². The van der Waals surface area contributed by atoms with E-state index in [2.05, 4.69) is 0 Å². The van der Waals surface area contributed by atoms with E-state index in [1.807, 2.05) is 5.48 Å². The number of aromatic hydroxyl groups is 1. The quantitative estimate of drug-likeness (QED) is 0.494. The van der Waals surface area contributed by atoms with Gasteiger partial charge in [0.25, 0.3) is 0 Å². The van der Waals surface area contributed by atoms with E-state index >= 15 is 0 Å². The van der Waals surface area contributed by atoms with Gasteiger partial charge in [-0.05, 0) is 12.1 Å². The molecule has 0 aliphatic heterocycles. The molecule has 0 aliphatic carbocycles. The lowest BCUT2D eigenvalue weighted by atomic mass is 10.3. The Morgan fingerprint density at radius 2 is 2.11 bits per heavy atom. The molecule has 0 saturated carbocycles. The summed E-state index contributed by atoms with van der Waals surface area (Å²) in [6.07, 6.45) is 0. The van der Waals surface area contributed by atoms with Crippen LogP contribution in [0.3, 0.4) is 0 Å². The molecule has 0 spiro atoms. The first kappa shape index (κ1) is 5.91. The van der Waals surface area contributed by atoms with Gasteiger partial charge in [-0.25, -0.2) is 0 Å². The number of anilines is 1. The average molecular weight is 125 g/mol. The summed E-state index contributed by atoms with van der Waals surface area (Å²) in [5, 5.41) is 17.1. The van der Waals surface area contributed by atoms with Crippen molar-refractivity contribution in [3.8, 4) is 5.75 Å². The molecule has 0 amide bonds. The van der Waals surface area contributed by atoms with Crippen LogP contribution in [-0.4, -0.2) is 10.3 Å². The third kappa shape index (κ3) is 1.33. The Labute approximate surface area is 52.5 Å². The number of hydrogen-bond acceptors (Lipinski definition) is 3. The number of phenolic OH excluding ortho intramolecular Hbond substituents is 1. The minimum absolute atomic E-state index is 0.133. The maximum atomic E-state index is 8.79. The van der Waals surface area contributed by atoms with Crippen LogP contribution in [0.25, 0.3) is 0 Å². The minimum Gasteiger partial charge on any atom is -0.508 e. The molecule has 1 aromatic carbocycles. The van der Waals surface area contributed by atoms with Crippen molar-refractivity contribution in [2.75, 3.05) is 5.48 Å². The Kier molecular flexibility index (Phi) is 1.55. The zero-order chi connectivity index (χ0) is 6.69. The molecule has 1 aromatic rings. The van der Waals surface area contributed by atoms with Crippen molar-refractivity contribution >= 4 is 5.69 Å². The SMILES string of the molecule is ONc1cccc(O)c1. The lowest BCUT2D eigenvalue weighted by molar-refractivity contribution is 0.388. The summed E-state index contributed by atoms with van der Waals surface area (Å²) in [4.78, 5) is 0. The predicted molar refractivity (Wildman–Crippen MR) is 33.5 cm³/mol. The van der Waals surface area contributed by atoms with Crippen LogP contribution in [0.4, 0.5) is 5.69 Å². The van der Waals surface area contributed by atoms with Gasteiger partial charge in [-0.3, -0.25) is 10.7 Å². The second kappa shape index (κ2) is 2.37. The fourth-order valence-electron chi connectivity index (χ4n) is 0.575. The van der Waals surface area contributed by atoms with E-state index in [0.717, 1.165) is 0 Å². The van der Waals surface area contributed by atoms with Crippen molar-refractivity contribution in [2.24, 2.45) is 0 Å². The molecule has 3 N–H and O–H groups in total. The molecule has 0 radical (unpaired) electrons. The smallest absolute Gasteiger partial charge is 0.117 e. The van der Waals surface area contributed by atoms with Crippen molar-refractivity contribution < 1.29 is 10.3 Å². The molecule has 0 aromatic heterocycles. The molecule has 0 unspecified atom stereocenters. The van der Waals surface area contributed by atoms with E-state index in [1.54, 1.807) is 12.1 Å². The molecule has 0 aliphatic rings. The first-order valence-corrected chi connectivity index (χ1v) is 2.52. The van der Waals surface area contributed by atoms with Gasteiger partial charge in [0.1, 0.15) is 5.75 Å². The Morgan fingerprint density at radius 3 is 2.56 bits per heavy atom. The van der Waals surface area contributed by atoms with Crippen molar-refractivity contribution in [2.45, 2.75) is 0 Å². The summed E-state index contributed by atoms with van der Waals surface area (Å²) in [5.74, 6) is 0.133. The van der Waals surface area contributed by atoms with Crippen LogP contribution in [0.2, 0.25) is 0 Å². The van der Waals surface area contributed by atoms with Crippen LogP contribution in [0.1, 0.15) is 0 Å². The summed E-state index contributed by atoms with van der Waals surface area (Å²) in [7, 11) is 0. The number of nitrogens with one attached hydrogen (secondary N) is 1. The summed E-state index contributed by atoms with van der Waals surface area (Å²) in [6, 6.07) is 6.22. The van der Waals surface area contributed by atoms with E-state index in [0.29, 0.717) is 5.69 Å². The number of phenols is 1. The first-order valence-electron chi connectivity index (χ1n) is 2.52. The molecule has 3 heteroatoms. The number of rotatable bonds is 1. The van der Waals surface area contributed by atoms with Crippen LogP contribution in [0, 0.1) is 0 Å². The van der Waals surface area contributed by atoms with Gasteiger partial charge in [0.05, 0.1) is 5.69 Å². The topological polar surface area (TPSA) is 52.5 Å².